The largest absolute Gasteiger partial charge is 0.309 e. The van der Waals surface area contributed by atoms with E-state index in [1.54, 1.807) is 0 Å². The molecule has 0 atom stereocenters. The summed E-state index contributed by atoms with van der Waals surface area (Å²) >= 11 is 1.84. The topological polar surface area (TPSA) is 29.6 Å². The zero-order valence-corrected chi connectivity index (χ0v) is 37.1. The molecule has 11 rings (SSSR count). The summed E-state index contributed by atoms with van der Waals surface area (Å²) in [5.41, 5.74) is 17.3. The van der Waals surface area contributed by atoms with Crippen LogP contribution in [0.1, 0.15) is 68.9 Å². The van der Waals surface area contributed by atoms with Gasteiger partial charge in [-0.05, 0) is 95.6 Å². The van der Waals surface area contributed by atoms with Crippen LogP contribution >= 0.6 is 11.3 Å². The summed E-state index contributed by atoms with van der Waals surface area (Å²) in [6.07, 6.45) is 0.864. The average Bonchev–Trinajstić information content (AvgIpc) is 3.95. The first-order valence-electron chi connectivity index (χ1n) is 22.0. The molecule has 304 valence electrons. The normalized spacial score (nSPS) is 14.1. The molecule has 0 N–H and O–H groups in total. The molecule has 4 heteroatoms. The maximum absolute atomic E-state index is 5.69. The van der Waals surface area contributed by atoms with Gasteiger partial charge in [-0.15, -0.1) is 11.3 Å². The zero-order chi connectivity index (χ0) is 42.8. The van der Waals surface area contributed by atoms with Crippen LogP contribution in [0.3, 0.4) is 0 Å². The van der Waals surface area contributed by atoms with E-state index in [0.29, 0.717) is 0 Å². The number of hydrogen-bond acceptors (Lipinski definition) is 2. The minimum absolute atomic E-state index is 0.151. The lowest BCUT2D eigenvalue weighted by Gasteiger charge is -2.21. The summed E-state index contributed by atoms with van der Waals surface area (Å²) in [5, 5.41) is 5.04. The number of hydrogen-bond donors (Lipinski definition) is 0. The van der Waals surface area contributed by atoms with Crippen molar-refractivity contribution < 1.29 is 0 Å². The van der Waals surface area contributed by atoms with Crippen LogP contribution in [0.5, 0.6) is 0 Å². The van der Waals surface area contributed by atoms with E-state index in [4.69, 9.17) is 9.98 Å². The number of fused-ring (bicyclic) bond motifs is 9. The molecule has 0 radical (unpaired) electrons. The maximum atomic E-state index is 5.69. The van der Waals surface area contributed by atoms with Crippen LogP contribution in [0, 0.1) is 0 Å². The summed E-state index contributed by atoms with van der Waals surface area (Å²) in [6.45, 7) is 11.2. The van der Waals surface area contributed by atoms with Gasteiger partial charge in [-0.1, -0.05) is 166 Å². The summed E-state index contributed by atoms with van der Waals surface area (Å²) in [5.74, 6) is 0.724. The Morgan fingerprint density at radius 1 is 0.556 bits per heavy atom. The minimum Gasteiger partial charge on any atom is -0.309 e. The van der Waals surface area contributed by atoms with Crippen molar-refractivity contribution in [3.05, 3.63) is 215 Å². The molecule has 8 aromatic carbocycles. The zero-order valence-electron chi connectivity index (χ0n) is 36.3. The monoisotopic (exact) mass is 829 g/mol. The van der Waals surface area contributed by atoms with Gasteiger partial charge in [0.25, 0.3) is 0 Å². The van der Waals surface area contributed by atoms with Crippen LogP contribution in [-0.2, 0) is 5.41 Å². The van der Waals surface area contributed by atoms with Gasteiger partial charge in [0.2, 0.25) is 0 Å². The molecule has 3 nitrogen and oxygen atoms in total. The lowest BCUT2D eigenvalue weighted by Crippen LogP contribution is -2.15. The quantitative estimate of drug-likeness (QED) is 0.113. The predicted octanol–water partition coefficient (Wildman–Crippen LogP) is 16.2. The van der Waals surface area contributed by atoms with E-state index in [2.05, 4.69) is 221 Å². The fourth-order valence-corrected chi connectivity index (χ4v) is 11.1. The third kappa shape index (κ3) is 6.39. The van der Waals surface area contributed by atoms with Gasteiger partial charge in [-0.3, -0.25) is 0 Å². The van der Waals surface area contributed by atoms with Crippen molar-refractivity contribution in [2.45, 2.75) is 46.5 Å². The molecule has 0 aliphatic heterocycles. The molecule has 0 bridgehead atoms. The van der Waals surface area contributed by atoms with E-state index in [-0.39, 0.29) is 5.41 Å². The second-order valence-corrected chi connectivity index (χ2v) is 18.3. The molecular formula is C59H47N3S. The van der Waals surface area contributed by atoms with Crippen molar-refractivity contribution in [3.63, 3.8) is 0 Å². The van der Waals surface area contributed by atoms with Gasteiger partial charge < -0.3 is 4.57 Å². The van der Waals surface area contributed by atoms with Gasteiger partial charge in [0, 0.05) is 64.4 Å². The van der Waals surface area contributed by atoms with E-state index in [1.807, 2.05) is 11.3 Å². The molecule has 63 heavy (non-hydrogen) atoms. The van der Waals surface area contributed by atoms with E-state index >= 15 is 0 Å². The van der Waals surface area contributed by atoms with Crippen LogP contribution in [-0.4, -0.2) is 16.1 Å². The Morgan fingerprint density at radius 2 is 1.21 bits per heavy atom. The molecule has 0 fully saturated rings. The van der Waals surface area contributed by atoms with Crippen molar-refractivity contribution in [2.75, 3.05) is 0 Å². The maximum Gasteiger partial charge on any atom is 0.160 e. The number of amidine groups is 1. The molecule has 0 saturated heterocycles. The van der Waals surface area contributed by atoms with E-state index < -0.39 is 0 Å². The molecule has 1 aliphatic carbocycles. The lowest BCUT2D eigenvalue weighted by atomic mass is 9.82. The summed E-state index contributed by atoms with van der Waals surface area (Å²) in [6, 6.07) is 66.1. The molecule has 0 amide bonds. The first kappa shape index (κ1) is 38.8. The van der Waals surface area contributed by atoms with Crippen molar-refractivity contribution in [1.29, 1.82) is 0 Å². The second-order valence-electron chi connectivity index (χ2n) is 17.3. The summed E-state index contributed by atoms with van der Waals surface area (Å²) in [4.78, 5) is 11.3. The van der Waals surface area contributed by atoms with Crippen molar-refractivity contribution >= 4 is 70.6 Å². The standard InChI is InChI=1S/C59H47N3S/c1-6-37(2)56(40-32-30-39(31-33-40)41-34-35-53-49(36-41)44-20-11-14-28-52(44)62(53)42-18-8-7-9-19-42)61-58(48-25-17-27-51-55(48)47-22-10-13-26-50(47)59(51,4)5)60-38(3)43-23-16-24-46-45-21-12-15-29-54(45)63-57(43)46/h7-36H,6H2,1-5H3/b56-37-,60-38?,61-58?. The molecule has 0 saturated carbocycles. The van der Waals surface area contributed by atoms with Crippen molar-refractivity contribution in [2.24, 2.45) is 9.98 Å². The molecule has 0 unspecified atom stereocenters. The number of benzene rings is 8. The summed E-state index contributed by atoms with van der Waals surface area (Å²) in [7, 11) is 0. The first-order valence-corrected chi connectivity index (χ1v) is 22.8. The van der Waals surface area contributed by atoms with Crippen LogP contribution in [0.4, 0.5) is 0 Å². The van der Waals surface area contributed by atoms with Gasteiger partial charge in [-0.2, -0.15) is 0 Å². The highest BCUT2D eigenvalue weighted by Crippen LogP contribution is 2.50. The van der Waals surface area contributed by atoms with Crippen LogP contribution in [0.2, 0.25) is 0 Å². The number of thiophene rings is 1. The second kappa shape index (κ2) is 15.3. The molecule has 2 heterocycles. The Morgan fingerprint density at radius 3 is 2.03 bits per heavy atom. The molecule has 10 aromatic rings. The van der Waals surface area contributed by atoms with Crippen LogP contribution in [0.15, 0.2) is 198 Å². The smallest absolute Gasteiger partial charge is 0.160 e. The number of allylic oxidation sites excluding steroid dienone is 1. The van der Waals surface area contributed by atoms with Crippen molar-refractivity contribution in [1.82, 2.24) is 4.57 Å². The van der Waals surface area contributed by atoms with Gasteiger partial charge >= 0.3 is 0 Å². The Hall–Kier alpha value is -7.14. The number of nitrogens with zero attached hydrogens (tertiary/aromatic N) is 3. The van der Waals surface area contributed by atoms with Crippen LogP contribution in [0.25, 0.3) is 75.6 Å². The molecule has 2 aromatic heterocycles. The van der Waals surface area contributed by atoms with Gasteiger partial charge in [0.1, 0.15) is 0 Å². The number of aromatic nitrogens is 1. The molecular weight excluding hydrogens is 783 g/mol. The van der Waals surface area contributed by atoms with Gasteiger partial charge in [0.15, 0.2) is 5.84 Å². The summed E-state index contributed by atoms with van der Waals surface area (Å²) < 4.78 is 4.91. The number of para-hydroxylation sites is 2. The van der Waals surface area contributed by atoms with E-state index in [0.717, 1.165) is 46.0 Å². The third-order valence-electron chi connectivity index (χ3n) is 13.2. The Bertz CT molecular complexity index is 3520. The molecule has 1 aliphatic rings. The Balaban J connectivity index is 1.06. The highest BCUT2D eigenvalue weighted by molar-refractivity contribution is 7.26. The van der Waals surface area contributed by atoms with E-state index in [1.165, 1.54) is 80.9 Å². The van der Waals surface area contributed by atoms with Gasteiger partial charge in [0.05, 0.1) is 16.7 Å². The minimum atomic E-state index is -0.151. The number of aliphatic imine (C=N–C) groups is 2. The predicted molar refractivity (Wildman–Crippen MR) is 271 cm³/mol. The Kier molecular flexibility index (Phi) is 9.44. The molecule has 0 spiro atoms. The third-order valence-corrected chi connectivity index (χ3v) is 14.5. The number of rotatable bonds is 7. The lowest BCUT2D eigenvalue weighted by molar-refractivity contribution is 0.660. The fourth-order valence-electron chi connectivity index (χ4n) is 9.85. The van der Waals surface area contributed by atoms with E-state index in [9.17, 15) is 0 Å². The van der Waals surface area contributed by atoms with Crippen LogP contribution < -0.4 is 0 Å². The highest BCUT2D eigenvalue weighted by Gasteiger charge is 2.37. The van der Waals surface area contributed by atoms with Gasteiger partial charge in [-0.25, -0.2) is 9.98 Å². The fraction of sp³-hybridized carbons (Fsp3) is 0.119. The van der Waals surface area contributed by atoms with Crippen molar-refractivity contribution in [3.8, 4) is 27.9 Å². The SMILES string of the molecule is CC/C(C)=C(\N=C(N=C(C)c1cccc2c1sc1ccccc12)c1cccc2c1-c1ccccc1C2(C)C)c1ccc(-c2ccc3c(c2)c2ccccc2n3-c2ccccc2)cc1. The Labute approximate surface area is 373 Å². The highest BCUT2D eigenvalue weighted by atomic mass is 32.1. The first-order chi connectivity index (χ1) is 30.8. The average molecular weight is 830 g/mol.